The fourth-order valence-corrected chi connectivity index (χ4v) is 3.01. The molecular weight excluding hydrogens is 318 g/mol. The number of nitrogens with one attached hydrogen (secondary N) is 1. The number of aromatic nitrogens is 2. The lowest BCUT2D eigenvalue weighted by Gasteiger charge is -2.40. The Balaban J connectivity index is 1.95. The summed E-state index contributed by atoms with van der Waals surface area (Å²) in [7, 11) is 0. The molecule has 8 heteroatoms. The van der Waals surface area contributed by atoms with Gasteiger partial charge in [-0.05, 0) is 25.0 Å². The lowest BCUT2D eigenvalue weighted by Crippen LogP contribution is -2.51. The van der Waals surface area contributed by atoms with Crippen LogP contribution in [-0.2, 0) is 16.1 Å². The van der Waals surface area contributed by atoms with Crippen molar-refractivity contribution in [1.82, 2.24) is 20.0 Å². The Morgan fingerprint density at radius 2 is 2.08 bits per heavy atom. The van der Waals surface area contributed by atoms with E-state index >= 15 is 0 Å². The highest BCUT2D eigenvalue weighted by molar-refractivity contribution is 5.88. The molecule has 1 aliphatic heterocycles. The van der Waals surface area contributed by atoms with Crippen LogP contribution in [0, 0.1) is 5.41 Å². The molecule has 0 unspecified atom stereocenters. The van der Waals surface area contributed by atoms with Gasteiger partial charge in [-0.3, -0.25) is 14.3 Å². The molecule has 2 amide bonds. The van der Waals surface area contributed by atoms with Crippen molar-refractivity contribution in [3.63, 3.8) is 0 Å². The van der Waals surface area contributed by atoms with Crippen LogP contribution < -0.4 is 5.32 Å². The number of rotatable bonds is 7. The van der Waals surface area contributed by atoms with E-state index in [1.165, 1.54) is 11.0 Å². The minimum atomic E-state index is -2.57. The molecular formula is C16H22F2N4O2. The number of alkyl halides is 2. The molecule has 0 aromatic carbocycles. The Morgan fingerprint density at radius 1 is 1.38 bits per heavy atom. The van der Waals surface area contributed by atoms with Gasteiger partial charge >= 0.3 is 0 Å². The Labute approximate surface area is 139 Å². The smallest absolute Gasteiger partial charge is 0.245 e. The fraction of sp³-hybridized carbons (Fsp3) is 0.562. The molecule has 0 bridgehead atoms. The molecule has 0 radical (unpaired) electrons. The van der Waals surface area contributed by atoms with Crippen molar-refractivity contribution < 1.29 is 18.4 Å². The number of hydrogen-bond donors (Lipinski definition) is 1. The molecule has 2 heterocycles. The third-order valence-corrected chi connectivity index (χ3v) is 4.42. The molecule has 1 aromatic heterocycles. The van der Waals surface area contributed by atoms with E-state index in [1.807, 2.05) is 0 Å². The first kappa shape index (κ1) is 18.1. The first-order valence-corrected chi connectivity index (χ1v) is 7.92. The van der Waals surface area contributed by atoms with Crippen LogP contribution in [0.5, 0.6) is 0 Å². The van der Waals surface area contributed by atoms with Gasteiger partial charge in [0.2, 0.25) is 18.2 Å². The van der Waals surface area contributed by atoms with Crippen LogP contribution in [0.2, 0.25) is 0 Å². The molecule has 0 spiro atoms. The van der Waals surface area contributed by atoms with Gasteiger partial charge in [-0.15, -0.1) is 0 Å². The molecule has 0 atom stereocenters. The van der Waals surface area contributed by atoms with Gasteiger partial charge in [0.15, 0.2) is 0 Å². The van der Waals surface area contributed by atoms with E-state index in [-0.39, 0.29) is 37.7 Å². The average molecular weight is 340 g/mol. The number of carbonyl (C=O) groups is 2. The van der Waals surface area contributed by atoms with E-state index in [1.54, 1.807) is 23.1 Å². The molecule has 0 saturated carbocycles. The summed E-state index contributed by atoms with van der Waals surface area (Å²) >= 11 is 0. The first-order valence-electron chi connectivity index (χ1n) is 7.92. The number of hydrogen-bond acceptors (Lipinski definition) is 3. The molecule has 1 aliphatic rings. The normalized spacial score (nSPS) is 16.9. The number of amides is 2. The highest BCUT2D eigenvalue weighted by Gasteiger charge is 2.43. The summed E-state index contributed by atoms with van der Waals surface area (Å²) in [6.07, 6.45) is 1.99. The summed E-state index contributed by atoms with van der Waals surface area (Å²) in [6.45, 7) is 4.78. The quantitative estimate of drug-likeness (QED) is 0.764. The van der Waals surface area contributed by atoms with Crippen molar-refractivity contribution in [1.29, 1.82) is 0 Å². The zero-order chi connectivity index (χ0) is 17.6. The minimum Gasteiger partial charge on any atom is -0.354 e. The summed E-state index contributed by atoms with van der Waals surface area (Å²) in [4.78, 5) is 25.7. The maximum atomic E-state index is 13.0. The van der Waals surface area contributed by atoms with Crippen LogP contribution in [0.3, 0.4) is 0 Å². The van der Waals surface area contributed by atoms with Gasteiger partial charge in [0.25, 0.3) is 0 Å². The molecule has 1 fully saturated rings. The predicted octanol–water partition coefficient (Wildman–Crippen LogP) is 1.45. The van der Waals surface area contributed by atoms with Crippen molar-refractivity contribution in [3.05, 3.63) is 31.1 Å². The Morgan fingerprint density at radius 3 is 2.62 bits per heavy atom. The third kappa shape index (κ3) is 4.39. The Kier molecular flexibility index (Phi) is 6.05. The van der Waals surface area contributed by atoms with E-state index in [9.17, 15) is 18.4 Å². The second-order valence-corrected chi connectivity index (χ2v) is 5.93. The number of nitrogens with zero attached hydrogens (tertiary/aromatic N) is 3. The van der Waals surface area contributed by atoms with Crippen molar-refractivity contribution in [3.8, 4) is 0 Å². The standard InChI is InChI=1S/C16H22F2N4O2/c1-2-14(23)21-9-4-16(5-10-21,12-13(17)18)15(24)19-7-11-22-8-3-6-20-22/h2-3,6,8,13H,1,4-5,7,9-12H2,(H,19,24). The van der Waals surface area contributed by atoms with Crippen LogP contribution in [0.1, 0.15) is 19.3 Å². The van der Waals surface area contributed by atoms with Gasteiger partial charge in [-0.25, -0.2) is 8.78 Å². The SMILES string of the molecule is C=CC(=O)N1CCC(CC(F)F)(C(=O)NCCn2cccn2)CC1. The zero-order valence-corrected chi connectivity index (χ0v) is 13.5. The van der Waals surface area contributed by atoms with Crippen molar-refractivity contribution in [2.75, 3.05) is 19.6 Å². The molecule has 1 N–H and O–H groups in total. The van der Waals surface area contributed by atoms with Crippen LogP contribution in [0.15, 0.2) is 31.1 Å². The molecule has 132 valence electrons. The summed E-state index contributed by atoms with van der Waals surface area (Å²) in [5.41, 5.74) is -1.13. The molecule has 2 rings (SSSR count). The lowest BCUT2D eigenvalue weighted by molar-refractivity contribution is -0.141. The number of halogens is 2. The number of carbonyl (C=O) groups excluding carboxylic acids is 2. The van der Waals surface area contributed by atoms with E-state index in [2.05, 4.69) is 17.0 Å². The molecule has 24 heavy (non-hydrogen) atoms. The Bertz CT molecular complexity index is 567. The topological polar surface area (TPSA) is 67.2 Å². The van der Waals surface area contributed by atoms with Gasteiger partial charge in [-0.2, -0.15) is 5.10 Å². The van der Waals surface area contributed by atoms with E-state index in [0.29, 0.717) is 13.1 Å². The first-order chi connectivity index (χ1) is 11.5. The summed E-state index contributed by atoms with van der Waals surface area (Å²) in [5.74, 6) is -0.611. The lowest BCUT2D eigenvalue weighted by atomic mass is 9.74. The largest absolute Gasteiger partial charge is 0.354 e. The third-order valence-electron chi connectivity index (χ3n) is 4.42. The van der Waals surface area contributed by atoms with Gasteiger partial charge in [-0.1, -0.05) is 6.58 Å². The van der Waals surface area contributed by atoms with Crippen molar-refractivity contribution >= 4 is 11.8 Å². The van der Waals surface area contributed by atoms with E-state index in [4.69, 9.17) is 0 Å². The summed E-state index contributed by atoms with van der Waals surface area (Å²) < 4.78 is 27.7. The second-order valence-electron chi connectivity index (χ2n) is 5.93. The zero-order valence-electron chi connectivity index (χ0n) is 13.5. The van der Waals surface area contributed by atoms with Crippen LogP contribution in [0.25, 0.3) is 0 Å². The second kappa shape index (κ2) is 8.03. The maximum Gasteiger partial charge on any atom is 0.245 e. The van der Waals surface area contributed by atoms with Gasteiger partial charge in [0.1, 0.15) is 0 Å². The highest BCUT2D eigenvalue weighted by atomic mass is 19.3. The number of piperidine rings is 1. The molecule has 0 aliphatic carbocycles. The Hall–Kier alpha value is -2.25. The van der Waals surface area contributed by atoms with Gasteiger partial charge < -0.3 is 10.2 Å². The van der Waals surface area contributed by atoms with Crippen LogP contribution >= 0.6 is 0 Å². The summed E-state index contributed by atoms with van der Waals surface area (Å²) in [6, 6.07) is 1.77. The number of likely N-dealkylation sites (tertiary alicyclic amines) is 1. The molecule has 1 saturated heterocycles. The fourth-order valence-electron chi connectivity index (χ4n) is 3.01. The minimum absolute atomic E-state index is 0.227. The summed E-state index contributed by atoms with van der Waals surface area (Å²) in [5, 5.41) is 6.76. The van der Waals surface area contributed by atoms with Gasteiger partial charge in [0.05, 0.1) is 12.0 Å². The van der Waals surface area contributed by atoms with Crippen molar-refractivity contribution in [2.45, 2.75) is 32.2 Å². The van der Waals surface area contributed by atoms with Crippen molar-refractivity contribution in [2.24, 2.45) is 5.41 Å². The van der Waals surface area contributed by atoms with Crippen LogP contribution in [-0.4, -0.2) is 52.6 Å². The average Bonchev–Trinajstić information content (AvgIpc) is 3.07. The molecule has 6 nitrogen and oxygen atoms in total. The maximum absolute atomic E-state index is 13.0. The molecule has 1 aromatic rings. The predicted molar refractivity (Wildman–Crippen MR) is 84.3 cm³/mol. The monoisotopic (exact) mass is 340 g/mol. The van der Waals surface area contributed by atoms with E-state index < -0.39 is 18.3 Å². The van der Waals surface area contributed by atoms with E-state index in [0.717, 1.165) is 0 Å². The highest BCUT2D eigenvalue weighted by Crippen LogP contribution is 2.37. The van der Waals surface area contributed by atoms with Crippen LogP contribution in [0.4, 0.5) is 8.78 Å². The van der Waals surface area contributed by atoms with Gasteiger partial charge in [0, 0.05) is 38.4 Å².